The first-order valence-electron chi connectivity index (χ1n) is 4.73. The first-order valence-corrected chi connectivity index (χ1v) is 4.73. The van der Waals surface area contributed by atoms with Crippen molar-refractivity contribution in [2.24, 2.45) is 0 Å². The Morgan fingerprint density at radius 1 is 1.40 bits per heavy atom. The predicted octanol–water partition coefficient (Wildman–Crippen LogP) is 2.58. The molecule has 0 aliphatic heterocycles. The quantitative estimate of drug-likeness (QED) is 0.823. The third kappa shape index (κ3) is 1.72. The number of halogens is 1. The number of rotatable bonds is 2. The third-order valence-electron chi connectivity index (χ3n) is 2.60. The van der Waals surface area contributed by atoms with Gasteiger partial charge in [0.1, 0.15) is 17.1 Å². The van der Waals surface area contributed by atoms with Crippen molar-refractivity contribution in [3.05, 3.63) is 29.8 Å². The van der Waals surface area contributed by atoms with E-state index in [9.17, 15) is 4.39 Å². The summed E-state index contributed by atoms with van der Waals surface area (Å²) in [6.45, 7) is 3.88. The Hall–Kier alpha value is -1.42. The van der Waals surface area contributed by atoms with Gasteiger partial charge in [0, 0.05) is 18.2 Å². The smallest absolute Gasteiger partial charge is 0.142 e. The number of aromatic amines is 1. The molecule has 0 aliphatic rings. The maximum Gasteiger partial charge on any atom is 0.142 e. The summed E-state index contributed by atoms with van der Waals surface area (Å²) >= 11 is 0. The van der Waals surface area contributed by atoms with Crippen LogP contribution in [0.15, 0.2) is 18.3 Å². The summed E-state index contributed by atoms with van der Waals surface area (Å²) in [4.78, 5) is 7.07. The zero-order chi connectivity index (χ0) is 11.1. The Labute approximate surface area is 87.3 Å². The van der Waals surface area contributed by atoms with Crippen molar-refractivity contribution in [2.45, 2.75) is 19.4 Å². The van der Waals surface area contributed by atoms with Gasteiger partial charge in [-0.25, -0.2) is 9.37 Å². The van der Waals surface area contributed by atoms with Crippen molar-refractivity contribution >= 4 is 11.0 Å². The normalized spacial score (nSPS) is 12.3. The molecule has 0 saturated heterocycles. The van der Waals surface area contributed by atoms with E-state index in [0.29, 0.717) is 5.65 Å². The summed E-state index contributed by atoms with van der Waals surface area (Å²) in [6.07, 6.45) is 1.20. The highest BCUT2D eigenvalue weighted by atomic mass is 19.1. The minimum Gasteiger partial charge on any atom is -0.373 e. The van der Waals surface area contributed by atoms with E-state index in [1.165, 1.54) is 12.3 Å². The fourth-order valence-corrected chi connectivity index (χ4v) is 1.42. The lowest BCUT2D eigenvalue weighted by atomic mass is 10.1. The van der Waals surface area contributed by atoms with Gasteiger partial charge in [0.2, 0.25) is 0 Å². The topological polar surface area (TPSA) is 37.9 Å². The molecule has 1 N–H and O–H groups in total. The summed E-state index contributed by atoms with van der Waals surface area (Å²) < 4.78 is 18.2. The molecule has 0 aliphatic carbocycles. The number of nitrogens with zero attached hydrogens (tertiary/aromatic N) is 1. The number of pyridine rings is 1. The Bertz CT molecular complexity index is 490. The van der Waals surface area contributed by atoms with Crippen LogP contribution in [0, 0.1) is 5.82 Å². The van der Waals surface area contributed by atoms with E-state index in [-0.39, 0.29) is 5.82 Å². The second kappa shape index (κ2) is 3.31. The molecular weight excluding hydrogens is 195 g/mol. The number of fused-ring (bicyclic) bond motifs is 1. The number of H-pyrrole nitrogens is 1. The Kier molecular flexibility index (Phi) is 2.23. The molecule has 15 heavy (non-hydrogen) atoms. The van der Waals surface area contributed by atoms with Crippen LogP contribution in [0.5, 0.6) is 0 Å². The average molecular weight is 208 g/mol. The Morgan fingerprint density at radius 2 is 2.13 bits per heavy atom. The molecule has 2 aromatic heterocycles. The van der Waals surface area contributed by atoms with E-state index in [4.69, 9.17) is 4.74 Å². The van der Waals surface area contributed by atoms with Crippen LogP contribution < -0.4 is 0 Å². The lowest BCUT2D eigenvalue weighted by molar-refractivity contribution is 0.0161. The molecule has 2 aromatic rings. The van der Waals surface area contributed by atoms with Gasteiger partial charge in [0.25, 0.3) is 0 Å². The molecule has 0 amide bonds. The van der Waals surface area contributed by atoms with Gasteiger partial charge in [-0.2, -0.15) is 0 Å². The van der Waals surface area contributed by atoms with Gasteiger partial charge in [-0.15, -0.1) is 0 Å². The van der Waals surface area contributed by atoms with Crippen LogP contribution in [0.25, 0.3) is 11.0 Å². The maximum absolute atomic E-state index is 12.9. The molecule has 0 aromatic carbocycles. The van der Waals surface area contributed by atoms with Crippen LogP contribution in [0.3, 0.4) is 0 Å². The fraction of sp³-hybridized carbons (Fsp3) is 0.364. The fourth-order valence-electron chi connectivity index (χ4n) is 1.42. The van der Waals surface area contributed by atoms with E-state index < -0.39 is 5.60 Å². The number of methoxy groups -OCH3 is 1. The SMILES string of the molecule is COC(C)(C)c1cc2cc(F)cnc2[nH]1. The zero-order valence-electron chi connectivity index (χ0n) is 8.97. The molecule has 3 nitrogen and oxygen atoms in total. The molecule has 0 spiro atoms. The summed E-state index contributed by atoms with van der Waals surface area (Å²) in [5, 5.41) is 0.759. The van der Waals surface area contributed by atoms with Crippen LogP contribution in [-0.4, -0.2) is 17.1 Å². The highest BCUT2D eigenvalue weighted by Crippen LogP contribution is 2.26. The molecule has 2 heterocycles. The van der Waals surface area contributed by atoms with Gasteiger partial charge in [0.15, 0.2) is 0 Å². The van der Waals surface area contributed by atoms with Crippen LogP contribution in [0.1, 0.15) is 19.5 Å². The third-order valence-corrected chi connectivity index (χ3v) is 2.60. The van der Waals surface area contributed by atoms with E-state index in [0.717, 1.165) is 11.1 Å². The van der Waals surface area contributed by atoms with Crippen LogP contribution in [0.4, 0.5) is 4.39 Å². The van der Waals surface area contributed by atoms with E-state index in [1.807, 2.05) is 19.9 Å². The minimum atomic E-state index is -0.419. The Morgan fingerprint density at radius 3 is 2.80 bits per heavy atom. The van der Waals surface area contributed by atoms with Crippen molar-refractivity contribution in [3.8, 4) is 0 Å². The average Bonchev–Trinajstić information content (AvgIpc) is 2.61. The lowest BCUT2D eigenvalue weighted by Crippen LogP contribution is -2.19. The van der Waals surface area contributed by atoms with Crippen molar-refractivity contribution in [2.75, 3.05) is 7.11 Å². The largest absolute Gasteiger partial charge is 0.373 e. The van der Waals surface area contributed by atoms with Crippen LogP contribution in [0.2, 0.25) is 0 Å². The van der Waals surface area contributed by atoms with Crippen LogP contribution >= 0.6 is 0 Å². The Balaban J connectivity index is 2.56. The maximum atomic E-state index is 12.9. The van der Waals surface area contributed by atoms with Gasteiger partial charge in [0.05, 0.1) is 6.20 Å². The standard InChI is InChI=1S/C11H13FN2O/c1-11(2,15-3)9-5-7-4-8(12)6-13-10(7)14-9/h4-6H,1-3H3,(H,13,14). The number of nitrogens with one attached hydrogen (secondary N) is 1. The van der Waals surface area contributed by atoms with E-state index >= 15 is 0 Å². The molecule has 0 unspecified atom stereocenters. The van der Waals surface area contributed by atoms with Gasteiger partial charge in [-0.3, -0.25) is 0 Å². The van der Waals surface area contributed by atoms with E-state index in [1.54, 1.807) is 7.11 Å². The highest BCUT2D eigenvalue weighted by Gasteiger charge is 2.21. The molecule has 0 fully saturated rings. The number of aromatic nitrogens is 2. The van der Waals surface area contributed by atoms with Crippen molar-refractivity contribution in [1.29, 1.82) is 0 Å². The number of hydrogen-bond donors (Lipinski definition) is 1. The first kappa shape index (κ1) is 10.1. The van der Waals surface area contributed by atoms with Gasteiger partial charge in [-0.05, 0) is 26.0 Å². The molecule has 0 bridgehead atoms. The minimum absolute atomic E-state index is 0.330. The van der Waals surface area contributed by atoms with Gasteiger partial charge < -0.3 is 9.72 Å². The van der Waals surface area contributed by atoms with Crippen LogP contribution in [-0.2, 0) is 10.3 Å². The lowest BCUT2D eigenvalue weighted by Gasteiger charge is -2.20. The molecule has 4 heteroatoms. The number of ether oxygens (including phenoxy) is 1. The van der Waals surface area contributed by atoms with Crippen molar-refractivity contribution in [1.82, 2.24) is 9.97 Å². The molecule has 0 radical (unpaired) electrons. The van der Waals surface area contributed by atoms with Crippen molar-refractivity contribution < 1.29 is 9.13 Å². The molecule has 2 rings (SSSR count). The summed E-state index contributed by atoms with van der Waals surface area (Å²) in [7, 11) is 1.64. The second-order valence-electron chi connectivity index (χ2n) is 3.99. The molecular formula is C11H13FN2O. The summed E-state index contributed by atoms with van der Waals surface area (Å²) in [5.74, 6) is -0.330. The summed E-state index contributed by atoms with van der Waals surface area (Å²) in [6, 6.07) is 3.31. The van der Waals surface area contributed by atoms with Gasteiger partial charge in [-0.1, -0.05) is 0 Å². The number of hydrogen-bond acceptors (Lipinski definition) is 2. The zero-order valence-corrected chi connectivity index (χ0v) is 8.97. The van der Waals surface area contributed by atoms with Crippen molar-refractivity contribution in [3.63, 3.8) is 0 Å². The predicted molar refractivity (Wildman–Crippen MR) is 56.1 cm³/mol. The molecule has 0 atom stereocenters. The molecule has 80 valence electrons. The first-order chi connectivity index (χ1) is 7.03. The highest BCUT2D eigenvalue weighted by molar-refractivity contribution is 5.76. The molecule has 0 saturated carbocycles. The van der Waals surface area contributed by atoms with Gasteiger partial charge >= 0.3 is 0 Å². The van der Waals surface area contributed by atoms with E-state index in [2.05, 4.69) is 9.97 Å². The second-order valence-corrected chi connectivity index (χ2v) is 3.99. The summed E-state index contributed by atoms with van der Waals surface area (Å²) in [5.41, 5.74) is 1.14. The monoisotopic (exact) mass is 208 g/mol.